The van der Waals surface area contributed by atoms with Crippen molar-refractivity contribution in [3.05, 3.63) is 0 Å². The Hall–Kier alpha value is -0.0800. The number of hydrogen-bond acceptors (Lipinski definition) is 2. The van der Waals surface area contributed by atoms with Gasteiger partial charge in [0.2, 0.25) is 0 Å². The number of rotatable bonds is 2. The summed E-state index contributed by atoms with van der Waals surface area (Å²) < 4.78 is 0. The zero-order valence-corrected chi connectivity index (χ0v) is 10.1. The van der Waals surface area contributed by atoms with Crippen LogP contribution >= 0.6 is 0 Å². The summed E-state index contributed by atoms with van der Waals surface area (Å²) in [6.07, 6.45) is 8.17. The second-order valence-corrected chi connectivity index (χ2v) is 5.69. The molecule has 2 rings (SSSR count). The standard InChI is InChI=1S/C13H26N2/c1-11-6-8-15(9-7-11)10-12-4-2-3-5-13(12)14/h11-13H,2-10,14H2,1H3. The monoisotopic (exact) mass is 210 g/mol. The molecule has 0 aromatic heterocycles. The number of likely N-dealkylation sites (tertiary alicyclic amines) is 1. The summed E-state index contributed by atoms with van der Waals surface area (Å²) in [5, 5.41) is 0. The molecule has 0 aromatic rings. The maximum Gasteiger partial charge on any atom is 0.00793 e. The third kappa shape index (κ3) is 3.18. The summed E-state index contributed by atoms with van der Waals surface area (Å²) in [5.74, 6) is 1.73. The molecule has 2 heteroatoms. The minimum Gasteiger partial charge on any atom is -0.327 e. The first-order valence-electron chi connectivity index (χ1n) is 6.73. The maximum atomic E-state index is 6.20. The van der Waals surface area contributed by atoms with Crippen LogP contribution in [0.2, 0.25) is 0 Å². The Morgan fingerprint density at radius 1 is 1.07 bits per heavy atom. The maximum absolute atomic E-state index is 6.20. The van der Waals surface area contributed by atoms with E-state index < -0.39 is 0 Å². The van der Waals surface area contributed by atoms with E-state index in [4.69, 9.17) is 5.73 Å². The van der Waals surface area contributed by atoms with Crippen molar-refractivity contribution in [2.45, 2.75) is 51.5 Å². The summed E-state index contributed by atoms with van der Waals surface area (Å²) in [6.45, 7) is 6.27. The molecular formula is C13H26N2. The van der Waals surface area contributed by atoms with Crippen molar-refractivity contribution in [1.29, 1.82) is 0 Å². The number of piperidine rings is 1. The van der Waals surface area contributed by atoms with E-state index in [0.29, 0.717) is 6.04 Å². The fraction of sp³-hybridized carbons (Fsp3) is 1.00. The van der Waals surface area contributed by atoms with Crippen molar-refractivity contribution in [1.82, 2.24) is 4.90 Å². The zero-order valence-electron chi connectivity index (χ0n) is 10.1. The Bertz CT molecular complexity index is 185. The molecule has 15 heavy (non-hydrogen) atoms. The lowest BCUT2D eigenvalue weighted by Crippen LogP contribution is -2.43. The van der Waals surface area contributed by atoms with E-state index in [2.05, 4.69) is 11.8 Å². The van der Waals surface area contributed by atoms with Gasteiger partial charge in [0.15, 0.2) is 0 Å². The van der Waals surface area contributed by atoms with Gasteiger partial charge in [0.05, 0.1) is 0 Å². The minimum atomic E-state index is 0.484. The van der Waals surface area contributed by atoms with Gasteiger partial charge in [0.25, 0.3) is 0 Å². The van der Waals surface area contributed by atoms with E-state index in [-0.39, 0.29) is 0 Å². The first-order chi connectivity index (χ1) is 7.25. The molecule has 2 nitrogen and oxygen atoms in total. The van der Waals surface area contributed by atoms with Gasteiger partial charge in [-0.1, -0.05) is 19.8 Å². The third-order valence-corrected chi connectivity index (χ3v) is 4.34. The van der Waals surface area contributed by atoms with Crippen molar-refractivity contribution in [3.8, 4) is 0 Å². The molecule has 2 unspecified atom stereocenters. The highest BCUT2D eigenvalue weighted by molar-refractivity contribution is 4.82. The second kappa shape index (κ2) is 5.31. The quantitative estimate of drug-likeness (QED) is 0.757. The third-order valence-electron chi connectivity index (χ3n) is 4.34. The molecule has 1 aliphatic carbocycles. The number of nitrogens with zero attached hydrogens (tertiary/aromatic N) is 1. The zero-order chi connectivity index (χ0) is 10.7. The van der Waals surface area contributed by atoms with Crippen LogP contribution in [0.15, 0.2) is 0 Å². The normalized spacial score (nSPS) is 35.6. The van der Waals surface area contributed by atoms with Gasteiger partial charge in [-0.25, -0.2) is 0 Å². The van der Waals surface area contributed by atoms with Crippen LogP contribution in [0.4, 0.5) is 0 Å². The molecule has 2 N–H and O–H groups in total. The fourth-order valence-electron chi connectivity index (χ4n) is 3.04. The summed E-state index contributed by atoms with van der Waals surface area (Å²) >= 11 is 0. The molecule has 2 fully saturated rings. The molecule has 0 spiro atoms. The van der Waals surface area contributed by atoms with E-state index >= 15 is 0 Å². The molecule has 0 aromatic carbocycles. The van der Waals surface area contributed by atoms with Gasteiger partial charge in [0, 0.05) is 12.6 Å². The Morgan fingerprint density at radius 2 is 1.73 bits per heavy atom. The van der Waals surface area contributed by atoms with Gasteiger partial charge in [-0.05, 0) is 50.6 Å². The highest BCUT2D eigenvalue weighted by atomic mass is 15.1. The van der Waals surface area contributed by atoms with Gasteiger partial charge in [-0.2, -0.15) is 0 Å². The van der Waals surface area contributed by atoms with Crippen LogP contribution in [0.5, 0.6) is 0 Å². The lowest BCUT2D eigenvalue weighted by Gasteiger charge is -2.36. The van der Waals surface area contributed by atoms with Gasteiger partial charge in [0.1, 0.15) is 0 Å². The van der Waals surface area contributed by atoms with Crippen molar-refractivity contribution in [3.63, 3.8) is 0 Å². The van der Waals surface area contributed by atoms with E-state index in [0.717, 1.165) is 11.8 Å². The summed E-state index contributed by atoms with van der Waals surface area (Å²) in [5.41, 5.74) is 6.20. The predicted molar refractivity (Wildman–Crippen MR) is 64.8 cm³/mol. The van der Waals surface area contributed by atoms with Crippen molar-refractivity contribution in [2.24, 2.45) is 17.6 Å². The fourth-order valence-corrected chi connectivity index (χ4v) is 3.04. The Kier molecular flexibility index (Phi) is 4.04. The van der Waals surface area contributed by atoms with Crippen LogP contribution < -0.4 is 5.73 Å². The molecule has 0 bridgehead atoms. The number of nitrogens with two attached hydrogens (primary N) is 1. The topological polar surface area (TPSA) is 29.3 Å². The summed E-state index contributed by atoms with van der Waals surface area (Å²) in [6, 6.07) is 0.484. The van der Waals surface area contributed by atoms with E-state index in [9.17, 15) is 0 Å². The van der Waals surface area contributed by atoms with E-state index in [1.807, 2.05) is 0 Å². The number of hydrogen-bond donors (Lipinski definition) is 1. The molecule has 2 atom stereocenters. The molecule has 1 saturated heterocycles. The van der Waals surface area contributed by atoms with E-state index in [1.165, 1.54) is 58.2 Å². The molecular weight excluding hydrogens is 184 g/mol. The van der Waals surface area contributed by atoms with Crippen LogP contribution in [0.1, 0.15) is 45.4 Å². The average molecular weight is 210 g/mol. The first kappa shape index (κ1) is 11.4. The van der Waals surface area contributed by atoms with E-state index in [1.54, 1.807) is 0 Å². The molecule has 88 valence electrons. The predicted octanol–water partition coefficient (Wildman–Crippen LogP) is 2.24. The van der Waals surface area contributed by atoms with Crippen LogP contribution in [0.3, 0.4) is 0 Å². The van der Waals surface area contributed by atoms with Gasteiger partial charge >= 0.3 is 0 Å². The van der Waals surface area contributed by atoms with Crippen molar-refractivity contribution >= 4 is 0 Å². The average Bonchev–Trinajstić information content (AvgIpc) is 2.25. The van der Waals surface area contributed by atoms with Gasteiger partial charge in [-0.3, -0.25) is 0 Å². The minimum absolute atomic E-state index is 0.484. The molecule has 1 saturated carbocycles. The van der Waals surface area contributed by atoms with Crippen LogP contribution in [0, 0.1) is 11.8 Å². The summed E-state index contributed by atoms with van der Waals surface area (Å²) in [4.78, 5) is 2.65. The smallest absolute Gasteiger partial charge is 0.00793 e. The Morgan fingerprint density at radius 3 is 2.40 bits per heavy atom. The van der Waals surface area contributed by atoms with Crippen LogP contribution in [0.25, 0.3) is 0 Å². The SMILES string of the molecule is CC1CCN(CC2CCCCC2N)CC1. The molecule has 0 amide bonds. The molecule has 2 aliphatic rings. The molecule has 0 radical (unpaired) electrons. The van der Waals surface area contributed by atoms with Gasteiger partial charge in [-0.15, -0.1) is 0 Å². The van der Waals surface area contributed by atoms with Crippen LogP contribution in [-0.2, 0) is 0 Å². The Balaban J connectivity index is 1.75. The Labute approximate surface area is 94.2 Å². The largest absolute Gasteiger partial charge is 0.327 e. The molecule has 1 heterocycles. The van der Waals surface area contributed by atoms with Crippen LogP contribution in [-0.4, -0.2) is 30.6 Å². The lowest BCUT2D eigenvalue weighted by molar-refractivity contribution is 0.141. The highest BCUT2D eigenvalue weighted by Gasteiger charge is 2.25. The van der Waals surface area contributed by atoms with Crippen molar-refractivity contribution < 1.29 is 0 Å². The highest BCUT2D eigenvalue weighted by Crippen LogP contribution is 2.25. The lowest BCUT2D eigenvalue weighted by atomic mass is 9.84. The van der Waals surface area contributed by atoms with Crippen molar-refractivity contribution in [2.75, 3.05) is 19.6 Å². The first-order valence-corrected chi connectivity index (χ1v) is 6.73. The summed E-state index contributed by atoms with van der Waals surface area (Å²) in [7, 11) is 0. The second-order valence-electron chi connectivity index (χ2n) is 5.69. The van der Waals surface area contributed by atoms with Gasteiger partial charge < -0.3 is 10.6 Å². The molecule has 1 aliphatic heterocycles.